The first kappa shape index (κ1) is 17.4. The van der Waals surface area contributed by atoms with Crippen LogP contribution in [0.2, 0.25) is 0 Å². The molecule has 6 nitrogen and oxygen atoms in total. The van der Waals surface area contributed by atoms with Crippen LogP contribution in [0.3, 0.4) is 0 Å². The third-order valence-corrected chi connectivity index (χ3v) is 4.57. The van der Waals surface area contributed by atoms with Crippen molar-refractivity contribution in [3.05, 3.63) is 69.8 Å². The molecule has 0 aliphatic carbocycles. The number of benzene rings is 2. The summed E-state index contributed by atoms with van der Waals surface area (Å²) in [5.41, 5.74) is 1.69. The summed E-state index contributed by atoms with van der Waals surface area (Å²) in [5.74, 6) is 0.398. The lowest BCUT2D eigenvalue weighted by Crippen LogP contribution is -2.31. The molecule has 0 radical (unpaired) electrons. The molecule has 1 heterocycles. The summed E-state index contributed by atoms with van der Waals surface area (Å²) < 4.78 is 5.97. The monoisotopic (exact) mass is 342 g/mol. The number of nitro benzene ring substituents is 1. The SMILES string of the molecule is O=[N+]([O-])c1ccc(O)c(CNC[C@@H]2CCCO[C@H]2c2ccccc2)c1. The first-order chi connectivity index (χ1) is 12.1. The van der Waals surface area contributed by atoms with Gasteiger partial charge in [-0.25, -0.2) is 0 Å². The van der Waals surface area contributed by atoms with E-state index in [0.717, 1.165) is 26.0 Å². The highest BCUT2D eigenvalue weighted by molar-refractivity contribution is 5.42. The molecule has 132 valence electrons. The van der Waals surface area contributed by atoms with Gasteiger partial charge >= 0.3 is 0 Å². The number of rotatable bonds is 6. The number of nitrogens with zero attached hydrogens (tertiary/aromatic N) is 1. The fraction of sp³-hybridized carbons (Fsp3) is 0.368. The maximum absolute atomic E-state index is 10.9. The first-order valence-corrected chi connectivity index (χ1v) is 8.48. The van der Waals surface area contributed by atoms with Crippen LogP contribution in [0.5, 0.6) is 5.75 Å². The van der Waals surface area contributed by atoms with Gasteiger partial charge < -0.3 is 15.2 Å². The van der Waals surface area contributed by atoms with Gasteiger partial charge in [0.2, 0.25) is 0 Å². The van der Waals surface area contributed by atoms with Crippen molar-refractivity contribution in [1.29, 1.82) is 0 Å². The lowest BCUT2D eigenvalue weighted by atomic mass is 9.89. The fourth-order valence-corrected chi connectivity index (χ4v) is 3.28. The Labute approximate surface area is 146 Å². The van der Waals surface area contributed by atoms with Gasteiger partial charge in [-0.3, -0.25) is 10.1 Å². The van der Waals surface area contributed by atoms with Crippen LogP contribution in [0.4, 0.5) is 5.69 Å². The van der Waals surface area contributed by atoms with Gasteiger partial charge in [-0.1, -0.05) is 30.3 Å². The van der Waals surface area contributed by atoms with E-state index in [2.05, 4.69) is 17.4 Å². The van der Waals surface area contributed by atoms with Crippen LogP contribution in [0.15, 0.2) is 48.5 Å². The summed E-state index contributed by atoms with van der Waals surface area (Å²) in [6.07, 6.45) is 2.15. The van der Waals surface area contributed by atoms with Crippen LogP contribution in [-0.4, -0.2) is 23.2 Å². The summed E-state index contributed by atoms with van der Waals surface area (Å²) in [7, 11) is 0. The highest BCUT2D eigenvalue weighted by atomic mass is 16.6. The van der Waals surface area contributed by atoms with E-state index in [4.69, 9.17) is 4.74 Å². The minimum atomic E-state index is -0.455. The van der Waals surface area contributed by atoms with E-state index in [9.17, 15) is 15.2 Å². The van der Waals surface area contributed by atoms with E-state index in [0.29, 0.717) is 18.0 Å². The summed E-state index contributed by atoms with van der Waals surface area (Å²) >= 11 is 0. The molecule has 0 amide bonds. The first-order valence-electron chi connectivity index (χ1n) is 8.48. The predicted molar refractivity (Wildman–Crippen MR) is 94.3 cm³/mol. The zero-order valence-corrected chi connectivity index (χ0v) is 13.9. The maximum atomic E-state index is 10.9. The lowest BCUT2D eigenvalue weighted by Gasteiger charge is -2.32. The molecule has 1 saturated heterocycles. The molecular weight excluding hydrogens is 320 g/mol. The van der Waals surface area contributed by atoms with Crippen molar-refractivity contribution in [2.24, 2.45) is 5.92 Å². The van der Waals surface area contributed by atoms with Crippen LogP contribution >= 0.6 is 0 Å². The highest BCUT2D eigenvalue weighted by Gasteiger charge is 2.27. The van der Waals surface area contributed by atoms with Crippen LogP contribution in [0, 0.1) is 16.0 Å². The number of nitro groups is 1. The third kappa shape index (κ3) is 4.35. The van der Waals surface area contributed by atoms with Gasteiger partial charge in [0.05, 0.1) is 11.0 Å². The number of phenolic OH excluding ortho intramolecular Hbond substituents is 1. The van der Waals surface area contributed by atoms with Gasteiger partial charge in [-0.05, 0) is 24.5 Å². The largest absolute Gasteiger partial charge is 0.508 e. The second kappa shape index (κ2) is 8.09. The number of aromatic hydroxyl groups is 1. The van der Waals surface area contributed by atoms with Crippen LogP contribution in [0.1, 0.15) is 30.1 Å². The quantitative estimate of drug-likeness (QED) is 0.619. The summed E-state index contributed by atoms with van der Waals surface area (Å²) in [5, 5.41) is 24.1. The predicted octanol–water partition coefficient (Wildman–Crippen LogP) is 3.56. The van der Waals surface area contributed by atoms with Gasteiger partial charge in [0, 0.05) is 43.3 Å². The molecule has 0 aromatic heterocycles. The smallest absolute Gasteiger partial charge is 0.270 e. The van der Waals surface area contributed by atoms with Crippen LogP contribution in [0.25, 0.3) is 0 Å². The molecule has 2 atom stereocenters. The molecule has 0 bridgehead atoms. The van der Waals surface area contributed by atoms with E-state index in [1.54, 1.807) is 0 Å². The third-order valence-electron chi connectivity index (χ3n) is 4.57. The number of phenols is 1. The lowest BCUT2D eigenvalue weighted by molar-refractivity contribution is -0.384. The van der Waals surface area contributed by atoms with E-state index in [1.165, 1.54) is 23.8 Å². The average Bonchev–Trinajstić information content (AvgIpc) is 2.64. The Bertz CT molecular complexity index is 721. The second-order valence-corrected chi connectivity index (χ2v) is 6.31. The van der Waals surface area contributed by atoms with Gasteiger partial charge in [-0.15, -0.1) is 0 Å². The van der Waals surface area contributed by atoms with Crippen molar-refractivity contribution in [2.75, 3.05) is 13.2 Å². The number of hydrogen-bond donors (Lipinski definition) is 2. The Hall–Kier alpha value is -2.44. The average molecular weight is 342 g/mol. The molecule has 25 heavy (non-hydrogen) atoms. The van der Waals surface area contributed by atoms with Gasteiger partial charge in [0.1, 0.15) is 5.75 Å². The van der Waals surface area contributed by atoms with Crippen molar-refractivity contribution in [2.45, 2.75) is 25.5 Å². The van der Waals surface area contributed by atoms with E-state index >= 15 is 0 Å². The molecule has 2 N–H and O–H groups in total. The standard InChI is InChI=1S/C19H22N2O4/c22-18-9-8-17(21(23)24)11-16(18)13-20-12-15-7-4-10-25-19(15)14-5-2-1-3-6-14/h1-3,5-6,8-9,11,15,19-20,22H,4,7,10,12-13H2/t15-,19-/m0/s1. The molecule has 3 rings (SSSR count). The molecule has 1 fully saturated rings. The molecule has 1 aliphatic heterocycles. The van der Waals surface area contributed by atoms with Crippen molar-refractivity contribution in [3.63, 3.8) is 0 Å². The van der Waals surface area contributed by atoms with Crippen LogP contribution < -0.4 is 5.32 Å². The molecule has 2 aromatic carbocycles. The minimum absolute atomic E-state index is 0.0160. The Morgan fingerprint density at radius 3 is 2.80 bits per heavy atom. The second-order valence-electron chi connectivity index (χ2n) is 6.31. The zero-order chi connectivity index (χ0) is 17.6. The van der Waals surface area contributed by atoms with Crippen molar-refractivity contribution in [3.8, 4) is 5.75 Å². The molecular formula is C19H22N2O4. The molecule has 1 aliphatic rings. The van der Waals surface area contributed by atoms with E-state index in [1.807, 2.05) is 18.2 Å². The highest BCUT2D eigenvalue weighted by Crippen LogP contribution is 2.33. The normalized spacial score (nSPS) is 20.3. The Morgan fingerprint density at radius 1 is 1.24 bits per heavy atom. The fourth-order valence-electron chi connectivity index (χ4n) is 3.28. The van der Waals surface area contributed by atoms with Gasteiger partial charge in [-0.2, -0.15) is 0 Å². The Kier molecular flexibility index (Phi) is 5.63. The molecule has 0 spiro atoms. The number of ether oxygens (including phenoxy) is 1. The molecule has 0 unspecified atom stereocenters. The van der Waals surface area contributed by atoms with Gasteiger partial charge in [0.15, 0.2) is 0 Å². The minimum Gasteiger partial charge on any atom is -0.508 e. The number of non-ortho nitro benzene ring substituents is 1. The molecule has 2 aromatic rings. The molecule has 6 heteroatoms. The van der Waals surface area contributed by atoms with Crippen molar-refractivity contribution in [1.82, 2.24) is 5.32 Å². The zero-order valence-electron chi connectivity index (χ0n) is 13.9. The van der Waals surface area contributed by atoms with Crippen molar-refractivity contribution >= 4 is 5.69 Å². The number of nitrogens with one attached hydrogen (secondary N) is 1. The molecule has 0 saturated carbocycles. The summed E-state index contributed by atoms with van der Waals surface area (Å²) in [6.45, 7) is 1.87. The maximum Gasteiger partial charge on any atom is 0.270 e. The van der Waals surface area contributed by atoms with Crippen LogP contribution in [-0.2, 0) is 11.3 Å². The number of hydrogen-bond acceptors (Lipinski definition) is 5. The van der Waals surface area contributed by atoms with E-state index < -0.39 is 4.92 Å². The summed E-state index contributed by atoms with van der Waals surface area (Å²) in [6, 6.07) is 14.3. The Balaban J connectivity index is 1.62. The Morgan fingerprint density at radius 2 is 2.04 bits per heavy atom. The van der Waals surface area contributed by atoms with Gasteiger partial charge in [0.25, 0.3) is 5.69 Å². The van der Waals surface area contributed by atoms with E-state index in [-0.39, 0.29) is 17.5 Å². The van der Waals surface area contributed by atoms with Crippen molar-refractivity contribution < 1.29 is 14.8 Å². The topological polar surface area (TPSA) is 84.6 Å². The summed E-state index contributed by atoms with van der Waals surface area (Å²) in [4.78, 5) is 10.4.